The van der Waals surface area contributed by atoms with E-state index in [0.717, 1.165) is 38.4 Å². The van der Waals surface area contributed by atoms with Crippen molar-refractivity contribution in [2.75, 3.05) is 31.1 Å². The highest BCUT2D eigenvalue weighted by molar-refractivity contribution is 5.94. The highest BCUT2D eigenvalue weighted by Crippen LogP contribution is 2.15. The Kier molecular flexibility index (Phi) is 4.32. The molecule has 2 aromatic heterocycles. The molecular formula is C17H20N4O. The Hall–Kier alpha value is -2.43. The van der Waals surface area contributed by atoms with E-state index >= 15 is 0 Å². The van der Waals surface area contributed by atoms with Crippen LogP contribution in [-0.4, -0.2) is 47.0 Å². The average Bonchev–Trinajstić information content (AvgIpc) is 2.62. The average molecular weight is 296 g/mol. The fourth-order valence-electron chi connectivity index (χ4n) is 2.63. The van der Waals surface area contributed by atoms with Crippen LogP contribution in [0.3, 0.4) is 0 Å². The summed E-state index contributed by atoms with van der Waals surface area (Å²) in [5.41, 5.74) is 1.95. The molecule has 5 heteroatoms. The van der Waals surface area contributed by atoms with E-state index < -0.39 is 0 Å². The first-order valence-electron chi connectivity index (χ1n) is 7.67. The molecule has 0 N–H and O–H groups in total. The minimum absolute atomic E-state index is 0.0799. The second-order valence-corrected chi connectivity index (χ2v) is 5.39. The number of nitrogens with zero attached hydrogens (tertiary/aromatic N) is 4. The summed E-state index contributed by atoms with van der Waals surface area (Å²) in [7, 11) is 0. The van der Waals surface area contributed by atoms with E-state index in [0.29, 0.717) is 5.56 Å². The predicted molar refractivity (Wildman–Crippen MR) is 86.0 cm³/mol. The van der Waals surface area contributed by atoms with Crippen molar-refractivity contribution < 1.29 is 4.79 Å². The van der Waals surface area contributed by atoms with Gasteiger partial charge in [-0.05, 0) is 30.2 Å². The van der Waals surface area contributed by atoms with Crippen LogP contribution in [0.4, 0.5) is 5.82 Å². The Labute approximate surface area is 130 Å². The van der Waals surface area contributed by atoms with Crippen molar-refractivity contribution in [3.63, 3.8) is 0 Å². The number of carbonyl (C=O) groups excluding carboxylic acids is 1. The van der Waals surface area contributed by atoms with E-state index in [-0.39, 0.29) is 5.91 Å². The van der Waals surface area contributed by atoms with Crippen LogP contribution in [0.15, 0.2) is 42.9 Å². The van der Waals surface area contributed by atoms with E-state index in [2.05, 4.69) is 33.9 Å². The molecule has 3 heterocycles. The summed E-state index contributed by atoms with van der Waals surface area (Å²) in [6, 6.07) is 7.72. The molecule has 0 radical (unpaired) electrons. The van der Waals surface area contributed by atoms with Gasteiger partial charge in [-0.2, -0.15) is 0 Å². The molecule has 1 saturated heterocycles. The summed E-state index contributed by atoms with van der Waals surface area (Å²) in [6.07, 6.45) is 6.25. The third-order valence-electron chi connectivity index (χ3n) is 4.04. The number of amides is 1. The zero-order chi connectivity index (χ0) is 15.4. The maximum Gasteiger partial charge on any atom is 0.254 e. The van der Waals surface area contributed by atoms with Gasteiger partial charge in [-0.3, -0.25) is 9.78 Å². The second-order valence-electron chi connectivity index (χ2n) is 5.39. The molecule has 2 aromatic rings. The Balaban J connectivity index is 1.61. The molecule has 0 aliphatic carbocycles. The van der Waals surface area contributed by atoms with E-state index in [1.165, 1.54) is 5.56 Å². The SMILES string of the molecule is CCc1ccc(N2CCN(C(=O)c3ccncc3)CC2)nc1. The number of aromatic nitrogens is 2. The monoisotopic (exact) mass is 296 g/mol. The predicted octanol–water partition coefficient (Wildman–Crippen LogP) is 2.00. The number of hydrogen-bond donors (Lipinski definition) is 0. The maximum atomic E-state index is 12.4. The van der Waals surface area contributed by atoms with Gasteiger partial charge in [-0.25, -0.2) is 4.98 Å². The molecule has 0 saturated carbocycles. The van der Waals surface area contributed by atoms with Crippen molar-refractivity contribution in [3.05, 3.63) is 54.0 Å². The molecule has 5 nitrogen and oxygen atoms in total. The quantitative estimate of drug-likeness (QED) is 0.869. The molecule has 0 spiro atoms. The minimum Gasteiger partial charge on any atom is -0.353 e. The van der Waals surface area contributed by atoms with Gasteiger partial charge in [0.05, 0.1) is 0 Å². The van der Waals surface area contributed by atoms with Gasteiger partial charge in [0.2, 0.25) is 0 Å². The molecule has 1 amide bonds. The summed E-state index contributed by atoms with van der Waals surface area (Å²) < 4.78 is 0. The number of aryl methyl sites for hydroxylation is 1. The normalized spacial score (nSPS) is 15.0. The standard InChI is InChI=1S/C17H20N4O/c1-2-14-3-4-16(19-13-14)20-9-11-21(12-10-20)17(22)15-5-7-18-8-6-15/h3-8,13H,2,9-12H2,1H3. The highest BCUT2D eigenvalue weighted by atomic mass is 16.2. The van der Waals surface area contributed by atoms with E-state index in [9.17, 15) is 4.79 Å². The second kappa shape index (κ2) is 6.56. The van der Waals surface area contributed by atoms with Crippen molar-refractivity contribution in [1.82, 2.24) is 14.9 Å². The van der Waals surface area contributed by atoms with Gasteiger partial charge < -0.3 is 9.80 Å². The number of carbonyl (C=O) groups is 1. The van der Waals surface area contributed by atoms with Crippen LogP contribution in [-0.2, 0) is 6.42 Å². The van der Waals surface area contributed by atoms with Gasteiger partial charge in [0.1, 0.15) is 5.82 Å². The van der Waals surface area contributed by atoms with E-state index in [1.807, 2.05) is 11.1 Å². The lowest BCUT2D eigenvalue weighted by atomic mass is 10.2. The number of rotatable bonds is 3. The molecule has 1 aliphatic rings. The molecule has 0 bridgehead atoms. The van der Waals surface area contributed by atoms with Crippen molar-refractivity contribution in [2.24, 2.45) is 0 Å². The molecular weight excluding hydrogens is 276 g/mol. The lowest BCUT2D eigenvalue weighted by molar-refractivity contribution is 0.0746. The van der Waals surface area contributed by atoms with Crippen LogP contribution in [0.2, 0.25) is 0 Å². The van der Waals surface area contributed by atoms with Crippen molar-refractivity contribution in [2.45, 2.75) is 13.3 Å². The number of anilines is 1. The van der Waals surface area contributed by atoms with Crippen molar-refractivity contribution >= 4 is 11.7 Å². The van der Waals surface area contributed by atoms with Crippen LogP contribution in [0.1, 0.15) is 22.8 Å². The summed E-state index contributed by atoms with van der Waals surface area (Å²) >= 11 is 0. The summed E-state index contributed by atoms with van der Waals surface area (Å²) in [4.78, 5) is 25.0. The Morgan fingerprint density at radius 2 is 1.82 bits per heavy atom. The van der Waals surface area contributed by atoms with Gasteiger partial charge in [0, 0.05) is 50.3 Å². The number of hydrogen-bond acceptors (Lipinski definition) is 4. The maximum absolute atomic E-state index is 12.4. The van der Waals surface area contributed by atoms with Crippen molar-refractivity contribution in [3.8, 4) is 0 Å². The van der Waals surface area contributed by atoms with E-state index in [4.69, 9.17) is 0 Å². The fraction of sp³-hybridized carbons (Fsp3) is 0.353. The highest BCUT2D eigenvalue weighted by Gasteiger charge is 2.22. The van der Waals surface area contributed by atoms with Gasteiger partial charge in [-0.15, -0.1) is 0 Å². The number of pyridine rings is 2. The van der Waals surface area contributed by atoms with Gasteiger partial charge >= 0.3 is 0 Å². The largest absolute Gasteiger partial charge is 0.353 e. The molecule has 0 aromatic carbocycles. The third-order valence-corrected chi connectivity index (χ3v) is 4.04. The summed E-state index contributed by atoms with van der Waals surface area (Å²) in [5, 5.41) is 0. The fourth-order valence-corrected chi connectivity index (χ4v) is 2.63. The van der Waals surface area contributed by atoms with Crippen LogP contribution in [0.25, 0.3) is 0 Å². The number of piperazine rings is 1. The Morgan fingerprint density at radius 3 is 2.41 bits per heavy atom. The van der Waals surface area contributed by atoms with Gasteiger partial charge in [-0.1, -0.05) is 13.0 Å². The summed E-state index contributed by atoms with van der Waals surface area (Å²) in [5.74, 6) is 1.07. The van der Waals surface area contributed by atoms with Crippen LogP contribution in [0.5, 0.6) is 0 Å². The molecule has 1 aliphatic heterocycles. The minimum atomic E-state index is 0.0799. The smallest absolute Gasteiger partial charge is 0.254 e. The van der Waals surface area contributed by atoms with Crippen molar-refractivity contribution in [1.29, 1.82) is 0 Å². The Morgan fingerprint density at radius 1 is 1.09 bits per heavy atom. The first-order valence-corrected chi connectivity index (χ1v) is 7.67. The first-order chi connectivity index (χ1) is 10.8. The lowest BCUT2D eigenvalue weighted by Gasteiger charge is -2.35. The van der Waals surface area contributed by atoms with Crippen LogP contribution < -0.4 is 4.90 Å². The molecule has 0 atom stereocenters. The van der Waals surface area contributed by atoms with Crippen LogP contribution >= 0.6 is 0 Å². The first kappa shape index (κ1) is 14.5. The summed E-state index contributed by atoms with van der Waals surface area (Å²) in [6.45, 7) is 5.20. The van der Waals surface area contributed by atoms with Gasteiger partial charge in [0.25, 0.3) is 5.91 Å². The topological polar surface area (TPSA) is 49.3 Å². The van der Waals surface area contributed by atoms with Crippen LogP contribution in [0, 0.1) is 0 Å². The molecule has 1 fully saturated rings. The zero-order valence-corrected chi connectivity index (χ0v) is 12.8. The lowest BCUT2D eigenvalue weighted by Crippen LogP contribution is -2.49. The van der Waals surface area contributed by atoms with E-state index in [1.54, 1.807) is 24.5 Å². The molecule has 3 rings (SSSR count). The third kappa shape index (κ3) is 3.08. The molecule has 0 unspecified atom stereocenters. The molecule has 22 heavy (non-hydrogen) atoms. The zero-order valence-electron chi connectivity index (χ0n) is 12.8. The molecule has 114 valence electrons. The van der Waals surface area contributed by atoms with Gasteiger partial charge in [0.15, 0.2) is 0 Å². The Bertz CT molecular complexity index is 619.